The van der Waals surface area contributed by atoms with E-state index >= 15 is 0 Å². The summed E-state index contributed by atoms with van der Waals surface area (Å²) in [7, 11) is -3.11. The summed E-state index contributed by atoms with van der Waals surface area (Å²) in [5.41, 5.74) is 1.12. The lowest BCUT2D eigenvalue weighted by Crippen LogP contribution is -2.37. The van der Waals surface area contributed by atoms with Crippen LogP contribution in [0.4, 0.5) is 5.69 Å². The number of hydrogen-bond acceptors (Lipinski definition) is 4. The number of sulfone groups is 1. The Labute approximate surface area is 127 Å². The lowest BCUT2D eigenvalue weighted by Gasteiger charge is -2.35. The van der Waals surface area contributed by atoms with E-state index in [2.05, 4.69) is 4.90 Å². The Morgan fingerprint density at radius 2 is 1.76 bits per heavy atom. The summed E-state index contributed by atoms with van der Waals surface area (Å²) < 4.78 is 28.8. The third-order valence-electron chi connectivity index (χ3n) is 4.66. The van der Waals surface area contributed by atoms with Gasteiger partial charge in [-0.3, -0.25) is 0 Å². The molecule has 116 valence electrons. The van der Waals surface area contributed by atoms with Gasteiger partial charge in [-0.05, 0) is 55.9 Å². The zero-order valence-electron chi connectivity index (χ0n) is 12.5. The number of anilines is 1. The quantitative estimate of drug-likeness (QED) is 0.860. The molecule has 2 aliphatic heterocycles. The van der Waals surface area contributed by atoms with E-state index in [-0.39, 0.29) is 0 Å². The molecule has 0 spiro atoms. The average molecular weight is 309 g/mol. The standard InChI is InChI=1S/C16H23NO3S/c1-21(18,19)15-6-4-14(5-7-15)17-10-8-13(9-11-17)16-3-2-12-20-16/h4-7,13,16H,2-3,8-12H2,1H3. The van der Waals surface area contributed by atoms with Crippen LogP contribution in [0.5, 0.6) is 0 Å². The Morgan fingerprint density at radius 1 is 1.10 bits per heavy atom. The second kappa shape index (κ2) is 5.97. The minimum Gasteiger partial charge on any atom is -0.378 e. The Hall–Kier alpha value is -1.07. The highest BCUT2D eigenvalue weighted by Crippen LogP contribution is 2.31. The predicted octanol–water partition coefficient (Wildman–Crippen LogP) is 2.49. The topological polar surface area (TPSA) is 46.6 Å². The Balaban J connectivity index is 1.61. The van der Waals surface area contributed by atoms with Crippen LogP contribution < -0.4 is 4.90 Å². The molecule has 0 saturated carbocycles. The highest BCUT2D eigenvalue weighted by atomic mass is 32.2. The van der Waals surface area contributed by atoms with Gasteiger partial charge in [0, 0.05) is 31.6 Å². The molecule has 4 nitrogen and oxygen atoms in total. The van der Waals surface area contributed by atoms with Gasteiger partial charge in [-0.15, -0.1) is 0 Å². The van der Waals surface area contributed by atoms with E-state index in [1.54, 1.807) is 12.1 Å². The van der Waals surface area contributed by atoms with Crippen molar-refractivity contribution in [3.63, 3.8) is 0 Å². The van der Waals surface area contributed by atoms with Crippen molar-refractivity contribution in [1.29, 1.82) is 0 Å². The second-order valence-electron chi connectivity index (χ2n) is 6.14. The van der Waals surface area contributed by atoms with Crippen LogP contribution in [0.3, 0.4) is 0 Å². The highest BCUT2D eigenvalue weighted by Gasteiger charge is 2.29. The minimum absolute atomic E-state index is 0.389. The van der Waals surface area contributed by atoms with E-state index in [1.165, 1.54) is 31.9 Å². The maximum atomic E-state index is 11.5. The van der Waals surface area contributed by atoms with Gasteiger partial charge in [-0.25, -0.2) is 8.42 Å². The molecule has 2 heterocycles. The second-order valence-corrected chi connectivity index (χ2v) is 8.16. The van der Waals surface area contributed by atoms with Crippen LogP contribution >= 0.6 is 0 Å². The molecular formula is C16H23NO3S. The van der Waals surface area contributed by atoms with E-state index in [4.69, 9.17) is 4.74 Å². The lowest BCUT2D eigenvalue weighted by atomic mass is 9.89. The minimum atomic E-state index is -3.11. The molecule has 5 heteroatoms. The van der Waals surface area contributed by atoms with Crippen LogP contribution in [0, 0.1) is 5.92 Å². The maximum absolute atomic E-state index is 11.5. The normalized spacial score (nSPS) is 24.4. The Bertz CT molecular complexity index is 568. The number of nitrogens with zero attached hydrogens (tertiary/aromatic N) is 1. The summed E-state index contributed by atoms with van der Waals surface area (Å²) >= 11 is 0. The summed E-state index contributed by atoms with van der Waals surface area (Å²) in [4.78, 5) is 2.73. The predicted molar refractivity (Wildman–Crippen MR) is 83.5 cm³/mol. The Kier molecular flexibility index (Phi) is 4.22. The van der Waals surface area contributed by atoms with Crippen molar-refractivity contribution >= 4 is 15.5 Å². The first kappa shape index (κ1) is 14.9. The molecule has 2 saturated heterocycles. The van der Waals surface area contributed by atoms with Crippen LogP contribution in [0.25, 0.3) is 0 Å². The molecule has 0 amide bonds. The SMILES string of the molecule is CS(=O)(=O)c1ccc(N2CCC(C3CCCO3)CC2)cc1. The van der Waals surface area contributed by atoms with E-state index in [1.807, 2.05) is 12.1 Å². The van der Waals surface area contributed by atoms with Crippen molar-refractivity contribution in [2.45, 2.75) is 36.7 Å². The van der Waals surface area contributed by atoms with Crippen molar-refractivity contribution in [1.82, 2.24) is 0 Å². The zero-order chi connectivity index (χ0) is 14.9. The van der Waals surface area contributed by atoms with Gasteiger partial charge in [-0.2, -0.15) is 0 Å². The van der Waals surface area contributed by atoms with Crippen LogP contribution in [-0.4, -0.2) is 40.5 Å². The third-order valence-corrected chi connectivity index (χ3v) is 5.79. The molecule has 1 atom stereocenters. The van der Waals surface area contributed by atoms with Gasteiger partial charge >= 0.3 is 0 Å². The molecule has 3 rings (SSSR count). The first-order valence-corrected chi connectivity index (χ1v) is 9.60. The maximum Gasteiger partial charge on any atom is 0.175 e. The highest BCUT2D eigenvalue weighted by molar-refractivity contribution is 7.90. The number of ether oxygens (including phenoxy) is 1. The first-order chi connectivity index (χ1) is 10.0. The van der Waals surface area contributed by atoms with Crippen LogP contribution in [0.1, 0.15) is 25.7 Å². The molecule has 2 fully saturated rings. The molecule has 0 radical (unpaired) electrons. The van der Waals surface area contributed by atoms with Crippen molar-refractivity contribution in [2.24, 2.45) is 5.92 Å². The molecule has 0 bridgehead atoms. The summed E-state index contributed by atoms with van der Waals surface area (Å²) in [6.45, 7) is 2.99. The molecule has 0 N–H and O–H groups in total. The van der Waals surface area contributed by atoms with E-state index in [0.29, 0.717) is 16.9 Å². The summed E-state index contributed by atoms with van der Waals surface area (Å²) in [6, 6.07) is 7.25. The van der Waals surface area contributed by atoms with Crippen LogP contribution in [0.15, 0.2) is 29.2 Å². The van der Waals surface area contributed by atoms with E-state index in [0.717, 1.165) is 25.4 Å². The number of piperidine rings is 1. The fourth-order valence-corrected chi connectivity index (χ4v) is 4.04. The summed E-state index contributed by atoms with van der Waals surface area (Å²) in [6.07, 6.45) is 6.47. The molecule has 1 aromatic carbocycles. The molecule has 0 aromatic heterocycles. The average Bonchev–Trinajstić information content (AvgIpc) is 3.01. The summed E-state index contributed by atoms with van der Waals surface area (Å²) in [5, 5.41) is 0. The van der Waals surface area contributed by atoms with Crippen molar-refractivity contribution in [2.75, 3.05) is 30.9 Å². The van der Waals surface area contributed by atoms with Crippen LogP contribution in [-0.2, 0) is 14.6 Å². The van der Waals surface area contributed by atoms with Crippen LogP contribution in [0.2, 0.25) is 0 Å². The summed E-state index contributed by atoms with van der Waals surface area (Å²) in [5.74, 6) is 0.694. The van der Waals surface area contributed by atoms with E-state index < -0.39 is 9.84 Å². The largest absolute Gasteiger partial charge is 0.378 e. The van der Waals surface area contributed by atoms with Gasteiger partial charge in [0.05, 0.1) is 11.0 Å². The monoisotopic (exact) mass is 309 g/mol. The molecule has 21 heavy (non-hydrogen) atoms. The van der Waals surface area contributed by atoms with Gasteiger partial charge in [0.2, 0.25) is 0 Å². The first-order valence-electron chi connectivity index (χ1n) is 7.71. The number of rotatable bonds is 3. The van der Waals surface area contributed by atoms with Gasteiger partial charge in [0.1, 0.15) is 0 Å². The molecule has 1 aromatic rings. The Morgan fingerprint density at radius 3 is 2.29 bits per heavy atom. The lowest BCUT2D eigenvalue weighted by molar-refractivity contribution is 0.0531. The van der Waals surface area contributed by atoms with Gasteiger partial charge < -0.3 is 9.64 Å². The zero-order valence-corrected chi connectivity index (χ0v) is 13.3. The molecule has 0 aliphatic carbocycles. The van der Waals surface area contributed by atoms with Gasteiger partial charge in [-0.1, -0.05) is 0 Å². The van der Waals surface area contributed by atoms with Crippen molar-refractivity contribution in [3.8, 4) is 0 Å². The van der Waals surface area contributed by atoms with Gasteiger partial charge in [0.15, 0.2) is 9.84 Å². The molecular weight excluding hydrogens is 286 g/mol. The number of benzene rings is 1. The number of hydrogen-bond donors (Lipinski definition) is 0. The van der Waals surface area contributed by atoms with E-state index in [9.17, 15) is 8.42 Å². The van der Waals surface area contributed by atoms with Crippen molar-refractivity contribution in [3.05, 3.63) is 24.3 Å². The smallest absolute Gasteiger partial charge is 0.175 e. The van der Waals surface area contributed by atoms with Crippen molar-refractivity contribution < 1.29 is 13.2 Å². The fraction of sp³-hybridized carbons (Fsp3) is 0.625. The molecule has 1 unspecified atom stereocenters. The third kappa shape index (κ3) is 3.40. The fourth-order valence-electron chi connectivity index (χ4n) is 3.41. The van der Waals surface area contributed by atoms with Gasteiger partial charge in [0.25, 0.3) is 0 Å². The molecule has 2 aliphatic rings.